The molecule has 20 heavy (non-hydrogen) atoms. The minimum atomic E-state index is -1.00. The van der Waals surface area contributed by atoms with Crippen LogP contribution in [0.5, 0.6) is 0 Å². The number of hydrogen-bond donors (Lipinski definition) is 1. The van der Waals surface area contributed by atoms with Crippen molar-refractivity contribution >= 4 is 23.6 Å². The first-order valence-corrected chi connectivity index (χ1v) is 6.37. The predicted molar refractivity (Wildman–Crippen MR) is 77.3 cm³/mol. The third kappa shape index (κ3) is 3.68. The SMILES string of the molecule is O=C(O)/C=C\c1ccccc1Cc1ccc(Cl)c(F)c1. The van der Waals surface area contributed by atoms with Gasteiger partial charge >= 0.3 is 5.97 Å². The van der Waals surface area contributed by atoms with Crippen LogP contribution in [-0.2, 0) is 11.2 Å². The Morgan fingerprint density at radius 1 is 1.25 bits per heavy atom. The van der Waals surface area contributed by atoms with E-state index in [9.17, 15) is 9.18 Å². The minimum absolute atomic E-state index is 0.0906. The van der Waals surface area contributed by atoms with Gasteiger partial charge in [0.15, 0.2) is 0 Å². The minimum Gasteiger partial charge on any atom is -0.478 e. The van der Waals surface area contributed by atoms with Crippen molar-refractivity contribution < 1.29 is 14.3 Å². The first-order chi connectivity index (χ1) is 9.56. The molecule has 102 valence electrons. The van der Waals surface area contributed by atoms with E-state index >= 15 is 0 Å². The first kappa shape index (κ1) is 14.3. The average Bonchev–Trinajstić information content (AvgIpc) is 2.42. The first-order valence-electron chi connectivity index (χ1n) is 5.99. The van der Waals surface area contributed by atoms with Crippen LogP contribution in [0.25, 0.3) is 6.08 Å². The van der Waals surface area contributed by atoms with Crippen LogP contribution in [-0.4, -0.2) is 11.1 Å². The maximum atomic E-state index is 13.4. The van der Waals surface area contributed by atoms with Crippen LogP contribution in [0.1, 0.15) is 16.7 Å². The topological polar surface area (TPSA) is 37.3 Å². The molecule has 4 heteroatoms. The van der Waals surface area contributed by atoms with Crippen molar-refractivity contribution in [2.45, 2.75) is 6.42 Å². The summed E-state index contributed by atoms with van der Waals surface area (Å²) in [6, 6.07) is 12.0. The summed E-state index contributed by atoms with van der Waals surface area (Å²) in [5, 5.41) is 8.76. The quantitative estimate of drug-likeness (QED) is 0.858. The highest BCUT2D eigenvalue weighted by Gasteiger charge is 2.04. The molecular weight excluding hydrogens is 279 g/mol. The summed E-state index contributed by atoms with van der Waals surface area (Å²) in [6.07, 6.45) is 3.12. The third-order valence-corrected chi connectivity index (χ3v) is 3.15. The second-order valence-corrected chi connectivity index (χ2v) is 4.70. The fourth-order valence-electron chi connectivity index (χ4n) is 1.89. The summed E-state index contributed by atoms with van der Waals surface area (Å²) in [6.45, 7) is 0. The number of carboxylic acids is 1. The van der Waals surface area contributed by atoms with Crippen molar-refractivity contribution in [1.29, 1.82) is 0 Å². The lowest BCUT2D eigenvalue weighted by Crippen LogP contribution is -1.94. The van der Waals surface area contributed by atoms with Crippen LogP contribution in [0.4, 0.5) is 4.39 Å². The fraction of sp³-hybridized carbons (Fsp3) is 0.0625. The average molecular weight is 291 g/mol. The Kier molecular flexibility index (Phi) is 4.53. The lowest BCUT2D eigenvalue weighted by Gasteiger charge is -2.07. The number of benzene rings is 2. The summed E-state index contributed by atoms with van der Waals surface area (Å²) in [4.78, 5) is 10.6. The van der Waals surface area contributed by atoms with E-state index in [4.69, 9.17) is 16.7 Å². The predicted octanol–water partition coefficient (Wildman–Crippen LogP) is 4.17. The van der Waals surface area contributed by atoms with E-state index in [1.54, 1.807) is 6.07 Å². The largest absolute Gasteiger partial charge is 0.478 e. The molecule has 2 nitrogen and oxygen atoms in total. The normalized spacial score (nSPS) is 10.9. The van der Waals surface area contributed by atoms with Crippen LogP contribution in [0.3, 0.4) is 0 Å². The van der Waals surface area contributed by atoms with Gasteiger partial charge in [-0.15, -0.1) is 0 Å². The van der Waals surface area contributed by atoms with Gasteiger partial charge in [0.05, 0.1) is 5.02 Å². The molecule has 0 saturated heterocycles. The van der Waals surface area contributed by atoms with Crippen molar-refractivity contribution in [3.63, 3.8) is 0 Å². The molecule has 2 rings (SSSR count). The summed E-state index contributed by atoms with van der Waals surface area (Å²) in [7, 11) is 0. The number of carboxylic acid groups (broad SMARTS) is 1. The smallest absolute Gasteiger partial charge is 0.328 e. The Hall–Kier alpha value is -2.13. The summed E-state index contributed by atoms with van der Waals surface area (Å²) in [5.74, 6) is -1.46. The lowest BCUT2D eigenvalue weighted by atomic mass is 9.99. The summed E-state index contributed by atoms with van der Waals surface area (Å²) in [5.41, 5.74) is 2.50. The Morgan fingerprint density at radius 3 is 2.70 bits per heavy atom. The highest BCUT2D eigenvalue weighted by atomic mass is 35.5. The molecule has 0 radical (unpaired) electrons. The Bertz CT molecular complexity index is 665. The Labute approximate surface area is 121 Å². The molecule has 0 aromatic heterocycles. The van der Waals surface area contributed by atoms with Crippen molar-refractivity contribution in [2.24, 2.45) is 0 Å². The van der Waals surface area contributed by atoms with E-state index in [1.165, 1.54) is 18.2 Å². The molecule has 0 aliphatic heterocycles. The number of hydrogen-bond acceptors (Lipinski definition) is 1. The number of rotatable bonds is 4. The van der Waals surface area contributed by atoms with E-state index in [1.807, 2.05) is 24.3 Å². The molecule has 0 fully saturated rings. The highest BCUT2D eigenvalue weighted by molar-refractivity contribution is 6.30. The number of aliphatic carboxylic acids is 1. The van der Waals surface area contributed by atoms with Gasteiger partial charge in [-0.05, 0) is 41.3 Å². The van der Waals surface area contributed by atoms with Crippen molar-refractivity contribution in [2.75, 3.05) is 0 Å². The van der Waals surface area contributed by atoms with Crippen LogP contribution in [0.2, 0.25) is 5.02 Å². The van der Waals surface area contributed by atoms with Gasteiger partial charge in [-0.3, -0.25) is 0 Å². The van der Waals surface area contributed by atoms with Gasteiger partial charge in [-0.25, -0.2) is 9.18 Å². The molecule has 0 aliphatic rings. The van der Waals surface area contributed by atoms with Crippen molar-refractivity contribution in [1.82, 2.24) is 0 Å². The standard InChI is InChI=1S/C16H12ClFO2/c17-14-7-5-11(10-15(14)18)9-13-4-2-1-3-12(13)6-8-16(19)20/h1-8,10H,9H2,(H,19,20)/b8-6-. The van der Waals surface area contributed by atoms with Crippen molar-refractivity contribution in [3.8, 4) is 0 Å². The molecule has 2 aromatic rings. The number of carbonyl (C=O) groups is 1. The van der Waals surface area contributed by atoms with Crippen LogP contribution < -0.4 is 0 Å². The van der Waals surface area contributed by atoms with Gasteiger partial charge < -0.3 is 5.11 Å². The molecule has 0 atom stereocenters. The second-order valence-electron chi connectivity index (χ2n) is 4.30. The molecule has 0 bridgehead atoms. The second kappa shape index (κ2) is 6.35. The zero-order valence-corrected chi connectivity index (χ0v) is 11.3. The third-order valence-electron chi connectivity index (χ3n) is 2.84. The number of halogens is 2. The fourth-order valence-corrected chi connectivity index (χ4v) is 2.01. The molecule has 0 heterocycles. The van der Waals surface area contributed by atoms with Gasteiger partial charge in [-0.1, -0.05) is 41.9 Å². The van der Waals surface area contributed by atoms with Crippen molar-refractivity contribution in [3.05, 3.63) is 76.1 Å². The summed E-state index contributed by atoms with van der Waals surface area (Å²) >= 11 is 5.65. The van der Waals surface area contributed by atoms with E-state index in [-0.39, 0.29) is 5.02 Å². The molecule has 0 saturated carbocycles. The zero-order valence-electron chi connectivity index (χ0n) is 10.5. The lowest BCUT2D eigenvalue weighted by molar-refractivity contribution is -0.131. The van der Waals surface area contributed by atoms with Gasteiger partial charge in [0, 0.05) is 6.08 Å². The zero-order chi connectivity index (χ0) is 14.5. The molecule has 0 spiro atoms. The maximum Gasteiger partial charge on any atom is 0.328 e. The molecular formula is C16H12ClFO2. The van der Waals surface area contributed by atoms with E-state index in [2.05, 4.69) is 0 Å². The van der Waals surface area contributed by atoms with E-state index in [0.717, 1.165) is 22.8 Å². The summed E-state index contributed by atoms with van der Waals surface area (Å²) < 4.78 is 13.4. The van der Waals surface area contributed by atoms with Gasteiger partial charge in [0.2, 0.25) is 0 Å². The van der Waals surface area contributed by atoms with E-state index in [0.29, 0.717) is 6.42 Å². The highest BCUT2D eigenvalue weighted by Crippen LogP contribution is 2.20. The monoisotopic (exact) mass is 290 g/mol. The molecule has 1 N–H and O–H groups in total. The molecule has 2 aromatic carbocycles. The van der Waals surface area contributed by atoms with Gasteiger partial charge in [-0.2, -0.15) is 0 Å². The Morgan fingerprint density at radius 2 is 2.00 bits per heavy atom. The molecule has 0 aliphatic carbocycles. The molecule has 0 amide bonds. The van der Waals surface area contributed by atoms with Crippen LogP contribution in [0.15, 0.2) is 48.5 Å². The molecule has 0 unspecified atom stereocenters. The van der Waals surface area contributed by atoms with Crippen LogP contribution in [0, 0.1) is 5.82 Å². The maximum absolute atomic E-state index is 13.4. The van der Waals surface area contributed by atoms with Gasteiger partial charge in [0.1, 0.15) is 5.82 Å². The van der Waals surface area contributed by atoms with Gasteiger partial charge in [0.25, 0.3) is 0 Å². The Balaban J connectivity index is 2.29. The van der Waals surface area contributed by atoms with E-state index < -0.39 is 11.8 Å². The van der Waals surface area contributed by atoms with Crippen LogP contribution >= 0.6 is 11.6 Å².